The molecule has 0 fully saturated rings. The molecule has 7 heteroatoms. The van der Waals surface area contributed by atoms with E-state index in [0.29, 0.717) is 34.7 Å². The zero-order chi connectivity index (χ0) is 20.9. The van der Waals surface area contributed by atoms with Crippen molar-refractivity contribution in [2.45, 2.75) is 6.61 Å². The normalized spacial score (nSPS) is 10.6. The van der Waals surface area contributed by atoms with Crippen LogP contribution in [0.1, 0.15) is 5.56 Å². The molecule has 1 heterocycles. The van der Waals surface area contributed by atoms with E-state index in [4.69, 9.17) is 30.3 Å². The molecule has 1 aromatic heterocycles. The largest absolute Gasteiger partial charge is 0.497 e. The maximum absolute atomic E-state index is 6.09. The Labute approximate surface area is 179 Å². The van der Waals surface area contributed by atoms with Crippen molar-refractivity contribution in [1.82, 2.24) is 10.1 Å². The van der Waals surface area contributed by atoms with E-state index < -0.39 is 0 Å². The van der Waals surface area contributed by atoms with Gasteiger partial charge in [-0.1, -0.05) is 28.9 Å². The van der Waals surface area contributed by atoms with Crippen LogP contribution in [0.3, 0.4) is 0 Å². The highest BCUT2D eigenvalue weighted by Crippen LogP contribution is 2.32. The topological polar surface area (TPSA) is 66.6 Å². The first kappa shape index (κ1) is 19.8. The van der Waals surface area contributed by atoms with Crippen LogP contribution in [-0.4, -0.2) is 24.4 Å². The third kappa shape index (κ3) is 4.39. The first-order valence-electron chi connectivity index (χ1n) is 9.20. The molecule has 0 unspecified atom stereocenters. The summed E-state index contributed by atoms with van der Waals surface area (Å²) in [6, 6.07) is 20.5. The van der Waals surface area contributed by atoms with Crippen molar-refractivity contribution in [2.75, 3.05) is 14.2 Å². The Morgan fingerprint density at radius 3 is 2.30 bits per heavy atom. The molecule has 3 aromatic carbocycles. The highest BCUT2D eigenvalue weighted by atomic mass is 35.5. The average Bonchev–Trinajstić information content (AvgIpc) is 3.28. The second-order valence-electron chi connectivity index (χ2n) is 6.43. The molecular weight excluding hydrogens is 404 g/mol. The molecule has 0 spiro atoms. The SMILES string of the molecule is COc1ccc(OCc2ccc(-c3nc(-c4cc(Cl)ccc4OC)no3)cc2)cc1. The molecular formula is C23H19ClN2O4. The van der Waals surface area contributed by atoms with E-state index in [2.05, 4.69) is 10.1 Å². The van der Waals surface area contributed by atoms with E-state index in [-0.39, 0.29) is 0 Å². The second kappa shape index (κ2) is 8.88. The Morgan fingerprint density at radius 2 is 1.60 bits per heavy atom. The number of aromatic nitrogens is 2. The minimum absolute atomic E-state index is 0.412. The van der Waals surface area contributed by atoms with Crippen molar-refractivity contribution in [2.24, 2.45) is 0 Å². The van der Waals surface area contributed by atoms with Crippen molar-refractivity contribution in [3.8, 4) is 40.1 Å². The number of methoxy groups -OCH3 is 2. The summed E-state index contributed by atoms with van der Waals surface area (Å²) in [5, 5.41) is 4.63. The highest BCUT2D eigenvalue weighted by Gasteiger charge is 2.15. The molecule has 0 amide bonds. The molecule has 0 N–H and O–H groups in total. The predicted octanol–water partition coefficient (Wildman–Crippen LogP) is 5.65. The van der Waals surface area contributed by atoms with Gasteiger partial charge in [-0.2, -0.15) is 4.98 Å². The summed E-state index contributed by atoms with van der Waals surface area (Å²) < 4.78 is 21.7. The summed E-state index contributed by atoms with van der Waals surface area (Å²) in [5.74, 6) is 3.02. The van der Waals surface area contributed by atoms with Crippen LogP contribution >= 0.6 is 11.6 Å². The summed E-state index contributed by atoms with van der Waals surface area (Å²) in [5.41, 5.74) is 2.50. The molecule has 0 aliphatic rings. The third-order valence-electron chi connectivity index (χ3n) is 4.49. The molecule has 0 saturated heterocycles. The van der Waals surface area contributed by atoms with Crippen LogP contribution < -0.4 is 14.2 Å². The van der Waals surface area contributed by atoms with Crippen molar-refractivity contribution in [3.05, 3.63) is 77.3 Å². The van der Waals surface area contributed by atoms with Gasteiger partial charge in [0.25, 0.3) is 5.89 Å². The minimum atomic E-state index is 0.412. The molecule has 0 radical (unpaired) electrons. The van der Waals surface area contributed by atoms with Crippen LogP contribution in [0.25, 0.3) is 22.8 Å². The molecule has 0 aliphatic heterocycles. The molecule has 0 atom stereocenters. The van der Waals surface area contributed by atoms with E-state index in [1.807, 2.05) is 48.5 Å². The number of nitrogens with zero attached hydrogens (tertiary/aromatic N) is 2. The minimum Gasteiger partial charge on any atom is -0.497 e. The van der Waals surface area contributed by atoms with Gasteiger partial charge in [-0.25, -0.2) is 0 Å². The maximum Gasteiger partial charge on any atom is 0.258 e. The Morgan fingerprint density at radius 1 is 0.867 bits per heavy atom. The lowest BCUT2D eigenvalue weighted by Gasteiger charge is -2.07. The van der Waals surface area contributed by atoms with E-state index in [1.165, 1.54) is 0 Å². The number of halogens is 1. The van der Waals surface area contributed by atoms with Crippen LogP contribution in [0.4, 0.5) is 0 Å². The number of ether oxygens (including phenoxy) is 3. The fourth-order valence-corrected chi connectivity index (χ4v) is 3.06. The molecule has 4 aromatic rings. The molecule has 0 aliphatic carbocycles. The van der Waals surface area contributed by atoms with Gasteiger partial charge < -0.3 is 18.7 Å². The fraction of sp³-hybridized carbons (Fsp3) is 0.130. The highest BCUT2D eigenvalue weighted by molar-refractivity contribution is 6.30. The van der Waals surface area contributed by atoms with Gasteiger partial charge in [0.2, 0.25) is 5.82 Å². The number of benzene rings is 3. The van der Waals surface area contributed by atoms with Gasteiger partial charge in [-0.05, 0) is 60.2 Å². The standard InChI is InChI=1S/C23H19ClN2O4/c1-27-18-8-10-19(11-9-18)29-14-15-3-5-16(6-4-15)23-25-22(26-30-23)20-13-17(24)7-12-21(20)28-2/h3-13H,14H2,1-2H3. The summed E-state index contributed by atoms with van der Waals surface area (Å²) in [7, 11) is 3.22. The van der Waals surface area contributed by atoms with Crippen LogP contribution in [0, 0.1) is 0 Å². The van der Waals surface area contributed by atoms with Gasteiger partial charge in [0, 0.05) is 10.6 Å². The molecule has 0 bridgehead atoms. The van der Waals surface area contributed by atoms with Gasteiger partial charge in [-0.3, -0.25) is 0 Å². The molecule has 0 saturated carbocycles. The zero-order valence-electron chi connectivity index (χ0n) is 16.5. The lowest BCUT2D eigenvalue weighted by Crippen LogP contribution is -1.95. The summed E-state index contributed by atoms with van der Waals surface area (Å²) >= 11 is 6.09. The Bertz CT molecular complexity index is 1120. The average molecular weight is 423 g/mol. The van der Waals surface area contributed by atoms with Crippen molar-refractivity contribution in [1.29, 1.82) is 0 Å². The third-order valence-corrected chi connectivity index (χ3v) is 4.73. The fourth-order valence-electron chi connectivity index (χ4n) is 2.89. The summed E-state index contributed by atoms with van der Waals surface area (Å²) in [4.78, 5) is 4.48. The van der Waals surface area contributed by atoms with Crippen LogP contribution in [0.5, 0.6) is 17.2 Å². The summed E-state index contributed by atoms with van der Waals surface area (Å²) in [6.45, 7) is 0.446. The van der Waals surface area contributed by atoms with Crippen molar-refractivity contribution in [3.63, 3.8) is 0 Å². The summed E-state index contributed by atoms with van der Waals surface area (Å²) in [6.07, 6.45) is 0. The number of rotatable bonds is 7. The van der Waals surface area contributed by atoms with Gasteiger partial charge in [0.1, 0.15) is 23.9 Å². The lowest BCUT2D eigenvalue weighted by molar-refractivity contribution is 0.305. The second-order valence-corrected chi connectivity index (χ2v) is 6.87. The zero-order valence-corrected chi connectivity index (χ0v) is 17.2. The van der Waals surface area contributed by atoms with Gasteiger partial charge in [0.15, 0.2) is 0 Å². The molecule has 4 rings (SSSR count). The predicted molar refractivity (Wildman–Crippen MR) is 114 cm³/mol. The quantitative estimate of drug-likeness (QED) is 0.383. The van der Waals surface area contributed by atoms with Crippen LogP contribution in [0.15, 0.2) is 71.3 Å². The molecule has 30 heavy (non-hydrogen) atoms. The van der Waals surface area contributed by atoms with Gasteiger partial charge in [0.05, 0.1) is 19.8 Å². The Balaban J connectivity index is 1.46. The first-order chi connectivity index (χ1) is 14.7. The smallest absolute Gasteiger partial charge is 0.258 e. The van der Waals surface area contributed by atoms with Crippen molar-refractivity contribution < 1.29 is 18.7 Å². The van der Waals surface area contributed by atoms with Gasteiger partial charge in [-0.15, -0.1) is 0 Å². The van der Waals surface area contributed by atoms with E-state index in [1.54, 1.807) is 32.4 Å². The lowest BCUT2D eigenvalue weighted by atomic mass is 10.1. The monoisotopic (exact) mass is 422 g/mol. The number of hydrogen-bond donors (Lipinski definition) is 0. The van der Waals surface area contributed by atoms with Crippen molar-refractivity contribution >= 4 is 11.6 Å². The molecule has 6 nitrogen and oxygen atoms in total. The van der Waals surface area contributed by atoms with E-state index >= 15 is 0 Å². The van der Waals surface area contributed by atoms with E-state index in [0.717, 1.165) is 22.6 Å². The van der Waals surface area contributed by atoms with Crippen LogP contribution in [0.2, 0.25) is 5.02 Å². The number of hydrogen-bond acceptors (Lipinski definition) is 6. The maximum atomic E-state index is 6.09. The Kier molecular flexibility index (Phi) is 5.86. The van der Waals surface area contributed by atoms with E-state index in [9.17, 15) is 0 Å². The van der Waals surface area contributed by atoms with Crippen LogP contribution in [-0.2, 0) is 6.61 Å². The van der Waals surface area contributed by atoms with Gasteiger partial charge >= 0.3 is 0 Å². The Hall–Kier alpha value is -3.51. The molecule has 152 valence electrons. The first-order valence-corrected chi connectivity index (χ1v) is 9.58.